The number of amides is 1. The van der Waals surface area contributed by atoms with Gasteiger partial charge in [-0.25, -0.2) is 4.98 Å². The summed E-state index contributed by atoms with van der Waals surface area (Å²) < 4.78 is 0. The van der Waals surface area contributed by atoms with E-state index in [9.17, 15) is 20.0 Å². The number of hydrogen-bond donors (Lipinski definition) is 2. The lowest BCUT2D eigenvalue weighted by molar-refractivity contribution is -0.385. The number of nitro groups is 1. The summed E-state index contributed by atoms with van der Waals surface area (Å²) in [6.07, 6.45) is 2.65. The number of nitrogens with zero attached hydrogens (tertiary/aromatic N) is 2. The monoisotopic (exact) mass is 223 g/mol. The maximum Gasteiger partial charge on any atom is 0.291 e. The van der Waals surface area contributed by atoms with E-state index in [1.165, 1.54) is 0 Å². The van der Waals surface area contributed by atoms with Crippen LogP contribution in [0.3, 0.4) is 0 Å². The first kappa shape index (κ1) is 10.3. The van der Waals surface area contributed by atoms with Crippen LogP contribution >= 0.6 is 0 Å². The maximum absolute atomic E-state index is 11.3. The van der Waals surface area contributed by atoms with Gasteiger partial charge >= 0.3 is 0 Å². The zero-order valence-corrected chi connectivity index (χ0v) is 8.21. The Labute approximate surface area is 90.3 Å². The van der Waals surface area contributed by atoms with Crippen LogP contribution in [0.15, 0.2) is 12.3 Å². The van der Waals surface area contributed by atoms with Crippen LogP contribution in [0.5, 0.6) is 5.75 Å². The van der Waals surface area contributed by atoms with Gasteiger partial charge in [0.25, 0.3) is 5.69 Å². The Morgan fingerprint density at radius 1 is 1.62 bits per heavy atom. The van der Waals surface area contributed by atoms with Gasteiger partial charge in [0.05, 0.1) is 11.0 Å². The van der Waals surface area contributed by atoms with E-state index in [1.807, 2.05) is 0 Å². The second kappa shape index (κ2) is 3.76. The number of aromatic hydroxyl groups is 1. The van der Waals surface area contributed by atoms with Crippen LogP contribution in [0.2, 0.25) is 0 Å². The van der Waals surface area contributed by atoms with Crippen LogP contribution in [0.25, 0.3) is 0 Å². The zero-order valence-electron chi connectivity index (χ0n) is 8.21. The molecular weight excluding hydrogens is 214 g/mol. The average molecular weight is 223 g/mol. The first-order chi connectivity index (χ1) is 7.58. The molecule has 0 unspecified atom stereocenters. The molecule has 0 aliphatic heterocycles. The van der Waals surface area contributed by atoms with Crippen molar-refractivity contribution < 1.29 is 14.8 Å². The third-order valence-corrected chi connectivity index (χ3v) is 2.25. The van der Waals surface area contributed by atoms with Crippen LogP contribution in [0, 0.1) is 16.0 Å². The smallest absolute Gasteiger partial charge is 0.291 e. The number of pyridine rings is 1. The van der Waals surface area contributed by atoms with Crippen molar-refractivity contribution in [1.82, 2.24) is 4.98 Å². The molecule has 1 saturated carbocycles. The summed E-state index contributed by atoms with van der Waals surface area (Å²) in [7, 11) is 0. The van der Waals surface area contributed by atoms with E-state index in [1.54, 1.807) is 0 Å². The Morgan fingerprint density at radius 2 is 2.31 bits per heavy atom. The predicted molar refractivity (Wildman–Crippen MR) is 53.9 cm³/mol. The van der Waals surface area contributed by atoms with Crippen molar-refractivity contribution >= 4 is 17.4 Å². The Bertz CT molecular complexity index is 456. The van der Waals surface area contributed by atoms with Crippen molar-refractivity contribution in [1.29, 1.82) is 0 Å². The molecule has 2 N–H and O–H groups in total. The highest BCUT2D eigenvalue weighted by Gasteiger charge is 2.30. The number of carbonyl (C=O) groups is 1. The van der Waals surface area contributed by atoms with Crippen LogP contribution in [0.1, 0.15) is 12.8 Å². The summed E-state index contributed by atoms with van der Waals surface area (Å²) in [6, 6.07) is 0.954. The van der Waals surface area contributed by atoms with Crippen LogP contribution in [-0.2, 0) is 4.79 Å². The minimum absolute atomic E-state index is 0.0172. The molecule has 0 saturated heterocycles. The van der Waals surface area contributed by atoms with E-state index in [4.69, 9.17) is 0 Å². The van der Waals surface area contributed by atoms with Crippen LogP contribution in [0.4, 0.5) is 11.5 Å². The molecule has 1 aliphatic rings. The summed E-state index contributed by atoms with van der Waals surface area (Å²) in [5.41, 5.74) is -0.318. The Balaban J connectivity index is 2.15. The minimum atomic E-state index is -0.667. The van der Waals surface area contributed by atoms with E-state index in [0.717, 1.165) is 25.1 Å². The SMILES string of the molecule is O=C(Nc1ncc([N+](=O)[O-])cc1O)C1CC1. The Hall–Kier alpha value is -2.18. The fourth-order valence-corrected chi connectivity index (χ4v) is 1.20. The molecule has 1 amide bonds. The standard InChI is InChI=1S/C9H9N3O4/c13-7-3-6(12(15)16)4-10-8(7)11-9(14)5-1-2-5/h3-5,13H,1-2H2,(H,10,11,14). The number of aromatic nitrogens is 1. The van der Waals surface area contributed by atoms with E-state index in [-0.39, 0.29) is 23.3 Å². The minimum Gasteiger partial charge on any atom is -0.504 e. The molecule has 2 rings (SSSR count). The molecule has 0 atom stereocenters. The Kier molecular flexibility index (Phi) is 2.43. The van der Waals surface area contributed by atoms with E-state index < -0.39 is 10.7 Å². The second-order valence-corrected chi connectivity index (χ2v) is 3.58. The summed E-state index contributed by atoms with van der Waals surface area (Å²) in [5.74, 6) is -0.668. The summed E-state index contributed by atoms with van der Waals surface area (Å²) in [5, 5.41) is 22.2. The van der Waals surface area contributed by atoms with Gasteiger partial charge in [-0.3, -0.25) is 14.9 Å². The normalized spacial score (nSPS) is 14.5. The fourth-order valence-electron chi connectivity index (χ4n) is 1.20. The Morgan fingerprint density at radius 3 is 2.81 bits per heavy atom. The van der Waals surface area contributed by atoms with Gasteiger partial charge < -0.3 is 10.4 Å². The number of hydrogen-bond acceptors (Lipinski definition) is 5. The number of anilines is 1. The predicted octanol–water partition coefficient (Wildman–Crippen LogP) is 1.04. The molecule has 0 aromatic carbocycles. The maximum atomic E-state index is 11.3. The number of nitrogens with one attached hydrogen (secondary N) is 1. The molecule has 1 aromatic heterocycles. The molecule has 1 fully saturated rings. The highest BCUT2D eigenvalue weighted by molar-refractivity contribution is 5.94. The molecule has 7 nitrogen and oxygen atoms in total. The van der Waals surface area contributed by atoms with Gasteiger partial charge in [-0.2, -0.15) is 0 Å². The molecule has 1 aliphatic carbocycles. The topological polar surface area (TPSA) is 105 Å². The van der Waals surface area contributed by atoms with Crippen molar-refractivity contribution in [2.45, 2.75) is 12.8 Å². The summed E-state index contributed by atoms with van der Waals surface area (Å²) >= 11 is 0. The first-order valence-corrected chi connectivity index (χ1v) is 4.72. The van der Waals surface area contributed by atoms with Gasteiger partial charge in [0.15, 0.2) is 11.6 Å². The lowest BCUT2D eigenvalue weighted by Crippen LogP contribution is -2.14. The molecule has 0 spiro atoms. The van der Waals surface area contributed by atoms with Crippen LogP contribution in [-0.4, -0.2) is 20.9 Å². The van der Waals surface area contributed by atoms with Gasteiger partial charge in [-0.1, -0.05) is 0 Å². The molecule has 1 aromatic rings. The molecule has 1 heterocycles. The third kappa shape index (κ3) is 2.08. The van der Waals surface area contributed by atoms with E-state index in [0.29, 0.717) is 0 Å². The summed E-state index contributed by atoms with van der Waals surface area (Å²) in [4.78, 5) is 24.7. The van der Waals surface area contributed by atoms with E-state index >= 15 is 0 Å². The van der Waals surface area contributed by atoms with Crippen molar-refractivity contribution in [3.8, 4) is 5.75 Å². The largest absolute Gasteiger partial charge is 0.504 e. The average Bonchev–Trinajstić information content (AvgIpc) is 3.03. The zero-order chi connectivity index (χ0) is 11.7. The lowest BCUT2D eigenvalue weighted by atomic mass is 10.3. The first-order valence-electron chi connectivity index (χ1n) is 4.72. The van der Waals surface area contributed by atoms with Gasteiger partial charge in [-0.15, -0.1) is 0 Å². The highest BCUT2D eigenvalue weighted by atomic mass is 16.6. The molecule has 16 heavy (non-hydrogen) atoms. The van der Waals surface area contributed by atoms with Crippen molar-refractivity contribution in [2.24, 2.45) is 5.92 Å². The van der Waals surface area contributed by atoms with E-state index in [2.05, 4.69) is 10.3 Å². The van der Waals surface area contributed by atoms with Gasteiger partial charge in [0.1, 0.15) is 6.20 Å². The second-order valence-electron chi connectivity index (χ2n) is 3.58. The number of carbonyl (C=O) groups excluding carboxylic acids is 1. The molecule has 7 heteroatoms. The molecule has 84 valence electrons. The molecule has 0 radical (unpaired) electrons. The fraction of sp³-hybridized carbons (Fsp3) is 0.333. The molecule has 0 bridgehead atoms. The van der Waals surface area contributed by atoms with Gasteiger partial charge in [0.2, 0.25) is 5.91 Å². The lowest BCUT2D eigenvalue weighted by Gasteiger charge is -2.04. The number of rotatable bonds is 3. The molecular formula is C9H9N3O4. The van der Waals surface area contributed by atoms with Crippen molar-refractivity contribution in [2.75, 3.05) is 5.32 Å². The quantitative estimate of drug-likeness (QED) is 0.588. The van der Waals surface area contributed by atoms with Crippen molar-refractivity contribution in [3.05, 3.63) is 22.4 Å². The van der Waals surface area contributed by atoms with Crippen LogP contribution < -0.4 is 5.32 Å². The van der Waals surface area contributed by atoms with Gasteiger partial charge in [-0.05, 0) is 12.8 Å². The highest BCUT2D eigenvalue weighted by Crippen LogP contribution is 2.32. The van der Waals surface area contributed by atoms with Gasteiger partial charge in [0, 0.05) is 5.92 Å². The van der Waals surface area contributed by atoms with Crippen molar-refractivity contribution in [3.63, 3.8) is 0 Å². The third-order valence-electron chi connectivity index (χ3n) is 2.25. The summed E-state index contributed by atoms with van der Waals surface area (Å²) in [6.45, 7) is 0.